The van der Waals surface area contributed by atoms with Gasteiger partial charge in [0.05, 0.1) is 0 Å². The maximum absolute atomic E-state index is 12.0. The zero-order valence-corrected chi connectivity index (χ0v) is 15.5. The molecule has 2 N–H and O–H groups in total. The van der Waals surface area contributed by atoms with Crippen molar-refractivity contribution in [3.05, 3.63) is 29.8 Å². The van der Waals surface area contributed by atoms with Gasteiger partial charge in [0.2, 0.25) is 5.91 Å². The summed E-state index contributed by atoms with van der Waals surface area (Å²) in [6.45, 7) is 5.09. The molecule has 0 aliphatic carbocycles. The van der Waals surface area contributed by atoms with Gasteiger partial charge in [0.1, 0.15) is 5.75 Å². The summed E-state index contributed by atoms with van der Waals surface area (Å²) in [6.07, 6.45) is 11.9. The molecule has 0 bridgehead atoms. The Kier molecular flexibility index (Phi) is 11.0. The average molecular weight is 334 g/mol. The molecule has 1 aromatic rings. The molecule has 0 aliphatic heterocycles. The number of aromatic hydroxyl groups is 1. The molecule has 3 heteroatoms. The van der Waals surface area contributed by atoms with Crippen molar-refractivity contribution in [2.45, 2.75) is 78.1 Å². The molecular weight excluding hydrogens is 298 g/mol. The van der Waals surface area contributed by atoms with Crippen LogP contribution in [0.1, 0.15) is 77.2 Å². The molecule has 1 amide bonds. The molecule has 1 atom stereocenters. The number of nitrogens with one attached hydrogen (secondary N) is 1. The van der Waals surface area contributed by atoms with Crippen molar-refractivity contribution in [3.63, 3.8) is 0 Å². The Bertz CT molecular complexity index is 442. The first-order valence-electron chi connectivity index (χ1n) is 9.66. The first kappa shape index (κ1) is 20.5. The topological polar surface area (TPSA) is 49.3 Å². The quantitative estimate of drug-likeness (QED) is 0.486. The van der Waals surface area contributed by atoms with Gasteiger partial charge >= 0.3 is 0 Å². The summed E-state index contributed by atoms with van der Waals surface area (Å²) >= 11 is 0. The van der Waals surface area contributed by atoms with Crippen molar-refractivity contribution in [1.82, 2.24) is 5.32 Å². The van der Waals surface area contributed by atoms with E-state index in [1.165, 1.54) is 44.9 Å². The second-order valence-electron chi connectivity index (χ2n) is 6.99. The molecule has 0 saturated carbocycles. The lowest BCUT2D eigenvalue weighted by atomic mass is 9.98. The third-order valence-corrected chi connectivity index (χ3v) is 4.51. The van der Waals surface area contributed by atoms with E-state index in [1.807, 2.05) is 12.1 Å². The van der Waals surface area contributed by atoms with E-state index < -0.39 is 0 Å². The van der Waals surface area contributed by atoms with Crippen LogP contribution >= 0.6 is 0 Å². The van der Waals surface area contributed by atoms with E-state index in [9.17, 15) is 9.90 Å². The van der Waals surface area contributed by atoms with Gasteiger partial charge < -0.3 is 10.4 Å². The minimum atomic E-state index is 0.157. The van der Waals surface area contributed by atoms with E-state index >= 15 is 0 Å². The molecule has 136 valence electrons. The number of rotatable bonds is 13. The minimum Gasteiger partial charge on any atom is -0.508 e. The Morgan fingerprint density at radius 2 is 1.67 bits per heavy atom. The maximum atomic E-state index is 12.0. The van der Waals surface area contributed by atoms with Crippen LogP contribution < -0.4 is 5.32 Å². The second-order valence-corrected chi connectivity index (χ2v) is 6.99. The van der Waals surface area contributed by atoms with Crippen LogP contribution in [0.25, 0.3) is 0 Å². The Morgan fingerprint density at radius 1 is 1.04 bits per heavy atom. The van der Waals surface area contributed by atoms with Gasteiger partial charge in [0.25, 0.3) is 0 Å². The summed E-state index contributed by atoms with van der Waals surface area (Å²) in [5.74, 6) is 0.903. The van der Waals surface area contributed by atoms with Crippen LogP contribution in [0.3, 0.4) is 0 Å². The molecular formula is C21H35NO2. The van der Waals surface area contributed by atoms with Gasteiger partial charge in [-0.25, -0.2) is 0 Å². The number of unbranched alkanes of at least 4 members (excludes halogenated alkanes) is 6. The lowest BCUT2D eigenvalue weighted by Crippen LogP contribution is -2.27. The Labute approximate surface area is 147 Å². The monoisotopic (exact) mass is 333 g/mol. The highest BCUT2D eigenvalue weighted by Gasteiger charge is 2.08. The van der Waals surface area contributed by atoms with Gasteiger partial charge in [-0.3, -0.25) is 4.79 Å². The van der Waals surface area contributed by atoms with Crippen molar-refractivity contribution >= 4 is 5.91 Å². The van der Waals surface area contributed by atoms with Gasteiger partial charge in [-0.1, -0.05) is 77.3 Å². The number of benzene rings is 1. The fourth-order valence-corrected chi connectivity index (χ4v) is 2.95. The Morgan fingerprint density at radius 3 is 2.33 bits per heavy atom. The number of hydrogen-bond acceptors (Lipinski definition) is 2. The van der Waals surface area contributed by atoms with Crippen molar-refractivity contribution in [1.29, 1.82) is 0 Å². The summed E-state index contributed by atoms with van der Waals surface area (Å²) < 4.78 is 0. The van der Waals surface area contributed by atoms with Crippen LogP contribution in [0.15, 0.2) is 24.3 Å². The van der Waals surface area contributed by atoms with Gasteiger partial charge in [0, 0.05) is 13.0 Å². The number of carbonyl (C=O) groups excluding carboxylic acids is 1. The molecule has 0 fully saturated rings. The van der Waals surface area contributed by atoms with Gasteiger partial charge in [-0.15, -0.1) is 0 Å². The fourth-order valence-electron chi connectivity index (χ4n) is 2.95. The van der Waals surface area contributed by atoms with Crippen LogP contribution in [0.5, 0.6) is 5.75 Å². The van der Waals surface area contributed by atoms with E-state index in [-0.39, 0.29) is 11.7 Å². The molecule has 1 rings (SSSR count). The summed E-state index contributed by atoms with van der Waals surface area (Å²) in [7, 11) is 0. The van der Waals surface area contributed by atoms with E-state index in [2.05, 4.69) is 19.2 Å². The van der Waals surface area contributed by atoms with E-state index in [4.69, 9.17) is 0 Å². The molecule has 1 aromatic carbocycles. The third kappa shape index (κ3) is 10.3. The summed E-state index contributed by atoms with van der Waals surface area (Å²) in [4.78, 5) is 12.0. The lowest BCUT2D eigenvalue weighted by Gasteiger charge is -2.11. The van der Waals surface area contributed by atoms with Crippen LogP contribution in [0.4, 0.5) is 0 Å². The number of amides is 1. The van der Waals surface area contributed by atoms with Gasteiger partial charge in [-0.05, 0) is 30.0 Å². The molecule has 0 unspecified atom stereocenters. The molecule has 0 radical (unpaired) electrons. The van der Waals surface area contributed by atoms with Gasteiger partial charge in [-0.2, -0.15) is 0 Å². The highest BCUT2D eigenvalue weighted by Crippen LogP contribution is 2.15. The summed E-state index contributed by atoms with van der Waals surface area (Å²) in [5, 5.41) is 12.2. The number of phenolic OH excluding ortho intramolecular Hbond substituents is 1. The summed E-state index contributed by atoms with van der Waals surface area (Å²) in [5.41, 5.74) is 1.13. The molecule has 3 nitrogen and oxygen atoms in total. The van der Waals surface area contributed by atoms with Crippen LogP contribution in [0, 0.1) is 5.92 Å². The largest absolute Gasteiger partial charge is 0.508 e. The van der Waals surface area contributed by atoms with E-state index in [0.717, 1.165) is 18.4 Å². The normalized spacial score (nSPS) is 12.1. The highest BCUT2D eigenvalue weighted by atomic mass is 16.3. The van der Waals surface area contributed by atoms with Crippen LogP contribution in [0.2, 0.25) is 0 Å². The number of carbonyl (C=O) groups is 1. The van der Waals surface area contributed by atoms with Crippen molar-refractivity contribution in [2.24, 2.45) is 5.92 Å². The van der Waals surface area contributed by atoms with Crippen molar-refractivity contribution < 1.29 is 9.90 Å². The van der Waals surface area contributed by atoms with Crippen molar-refractivity contribution in [2.75, 3.05) is 6.54 Å². The third-order valence-electron chi connectivity index (χ3n) is 4.51. The highest BCUT2D eigenvalue weighted by molar-refractivity contribution is 5.76. The molecule has 0 heterocycles. The van der Waals surface area contributed by atoms with Crippen molar-refractivity contribution in [3.8, 4) is 5.75 Å². The molecule has 0 spiro atoms. The minimum absolute atomic E-state index is 0.157. The van der Waals surface area contributed by atoms with Gasteiger partial charge in [0.15, 0.2) is 0 Å². The Balaban J connectivity index is 2.02. The predicted octanol–water partition coefficient (Wildman–Crippen LogP) is 5.22. The standard InChI is InChI=1S/C21H35NO2/c1-3-4-5-6-7-8-9-10-18(2)17-21(24)22-16-15-19-11-13-20(23)14-12-19/h11-14,18,23H,3-10,15-17H2,1-2H3,(H,22,24)/t18-/m0/s1. The molecule has 24 heavy (non-hydrogen) atoms. The first-order chi connectivity index (χ1) is 11.6. The van der Waals surface area contributed by atoms with Crippen LogP contribution in [-0.4, -0.2) is 17.6 Å². The summed E-state index contributed by atoms with van der Waals surface area (Å²) in [6, 6.07) is 7.15. The molecule has 0 aliphatic rings. The SMILES string of the molecule is CCCCCCCCC[C@H](C)CC(=O)NCCc1ccc(O)cc1. The maximum Gasteiger partial charge on any atom is 0.220 e. The second kappa shape index (κ2) is 12.9. The zero-order valence-electron chi connectivity index (χ0n) is 15.5. The predicted molar refractivity (Wildman–Crippen MR) is 101 cm³/mol. The molecule has 0 saturated heterocycles. The lowest BCUT2D eigenvalue weighted by molar-refractivity contribution is -0.121. The first-order valence-corrected chi connectivity index (χ1v) is 9.66. The Hall–Kier alpha value is -1.51. The van der Waals surface area contributed by atoms with E-state index in [0.29, 0.717) is 18.9 Å². The average Bonchev–Trinajstić information content (AvgIpc) is 2.56. The smallest absolute Gasteiger partial charge is 0.220 e. The molecule has 0 aromatic heterocycles. The number of phenols is 1. The zero-order chi connectivity index (χ0) is 17.6. The van der Waals surface area contributed by atoms with Crippen LogP contribution in [-0.2, 0) is 11.2 Å². The fraction of sp³-hybridized carbons (Fsp3) is 0.667. The number of hydrogen-bond donors (Lipinski definition) is 2. The van der Waals surface area contributed by atoms with E-state index in [1.54, 1.807) is 12.1 Å².